The lowest BCUT2D eigenvalue weighted by molar-refractivity contribution is -0.143. The molecule has 3 fully saturated rings. The third kappa shape index (κ3) is 4.40. The molecule has 1 aromatic carbocycles. The smallest absolute Gasteiger partial charge is 0.368 e. The van der Waals surface area contributed by atoms with Crippen molar-refractivity contribution < 1.29 is 27.5 Å². The van der Waals surface area contributed by atoms with Gasteiger partial charge in [0.2, 0.25) is 0 Å². The van der Waals surface area contributed by atoms with E-state index in [1.165, 1.54) is 12.1 Å². The molecular weight excluding hydrogens is 399 g/mol. The second-order valence-electron chi connectivity index (χ2n) is 8.50. The lowest BCUT2D eigenvalue weighted by Crippen LogP contribution is -2.48. The van der Waals surface area contributed by atoms with E-state index in [1.54, 1.807) is 4.90 Å². The number of hydrogen-bond donors (Lipinski definition) is 1. The maximum atomic E-state index is 12.7. The monoisotopic (exact) mass is 425 g/mol. The van der Waals surface area contributed by atoms with Crippen molar-refractivity contribution in [3.63, 3.8) is 0 Å². The van der Waals surface area contributed by atoms with Gasteiger partial charge in [0.15, 0.2) is 0 Å². The van der Waals surface area contributed by atoms with Crippen LogP contribution in [0.15, 0.2) is 24.3 Å². The summed E-state index contributed by atoms with van der Waals surface area (Å²) >= 11 is 0. The average molecular weight is 425 g/mol. The summed E-state index contributed by atoms with van der Waals surface area (Å²) in [6.45, 7) is 3.20. The maximum Gasteiger partial charge on any atom is 0.416 e. The molecule has 4 rings (SSSR count). The van der Waals surface area contributed by atoms with Crippen molar-refractivity contribution in [3.05, 3.63) is 29.8 Å². The number of halogens is 3. The highest BCUT2D eigenvalue weighted by Gasteiger charge is 2.43. The Morgan fingerprint density at radius 2 is 1.67 bits per heavy atom. The van der Waals surface area contributed by atoms with Gasteiger partial charge in [-0.05, 0) is 61.8 Å². The van der Waals surface area contributed by atoms with Crippen molar-refractivity contribution in [3.8, 4) is 0 Å². The summed E-state index contributed by atoms with van der Waals surface area (Å²) < 4.78 is 43.5. The minimum absolute atomic E-state index is 0.00476. The van der Waals surface area contributed by atoms with Gasteiger partial charge in [-0.15, -0.1) is 0 Å². The van der Waals surface area contributed by atoms with Gasteiger partial charge in [-0.2, -0.15) is 13.2 Å². The van der Waals surface area contributed by atoms with Crippen molar-refractivity contribution >= 4 is 17.6 Å². The van der Waals surface area contributed by atoms with E-state index >= 15 is 0 Å². The maximum absolute atomic E-state index is 12.7. The number of likely N-dealkylation sites (tertiary alicyclic amines) is 2. The van der Waals surface area contributed by atoms with Gasteiger partial charge in [0.25, 0.3) is 5.91 Å². The van der Waals surface area contributed by atoms with Gasteiger partial charge in [-0.1, -0.05) is 0 Å². The van der Waals surface area contributed by atoms with Crippen LogP contribution in [0.25, 0.3) is 0 Å². The Balaban J connectivity index is 1.29. The summed E-state index contributed by atoms with van der Waals surface area (Å²) in [6.07, 6.45) is -0.423. The van der Waals surface area contributed by atoms with E-state index in [9.17, 15) is 22.8 Å². The fourth-order valence-electron chi connectivity index (χ4n) is 4.64. The first-order chi connectivity index (χ1) is 14.3. The van der Waals surface area contributed by atoms with Gasteiger partial charge in [0, 0.05) is 38.5 Å². The number of benzene rings is 1. The Labute approximate surface area is 173 Å². The van der Waals surface area contributed by atoms with Crippen molar-refractivity contribution in [2.45, 2.75) is 44.4 Å². The molecule has 3 aliphatic rings. The SMILES string of the molecule is O=C(Nc1ccc(C(F)(F)F)cc1)N1CCC2(CCN(C(=O)[C@H]3CCCO3)CC2)C1. The molecule has 0 bridgehead atoms. The number of carbonyl (C=O) groups excluding carboxylic acids is 2. The Bertz CT molecular complexity index is 783. The molecular formula is C21H26F3N3O3. The van der Waals surface area contributed by atoms with E-state index < -0.39 is 11.7 Å². The average Bonchev–Trinajstić information content (AvgIpc) is 3.39. The zero-order chi connectivity index (χ0) is 21.4. The van der Waals surface area contributed by atoms with Gasteiger partial charge < -0.3 is 19.9 Å². The van der Waals surface area contributed by atoms with Crippen molar-refractivity contribution in [2.75, 3.05) is 38.1 Å². The number of amides is 3. The van der Waals surface area contributed by atoms with Crippen LogP contribution in [0.3, 0.4) is 0 Å². The summed E-state index contributed by atoms with van der Waals surface area (Å²) in [5.41, 5.74) is -0.402. The third-order valence-corrected chi connectivity index (χ3v) is 6.53. The molecule has 9 heteroatoms. The highest BCUT2D eigenvalue weighted by atomic mass is 19.4. The first-order valence-corrected chi connectivity index (χ1v) is 10.4. The zero-order valence-electron chi connectivity index (χ0n) is 16.7. The van der Waals surface area contributed by atoms with Crippen LogP contribution in [0.2, 0.25) is 0 Å². The van der Waals surface area contributed by atoms with Gasteiger partial charge in [-0.25, -0.2) is 4.79 Å². The second kappa shape index (κ2) is 8.09. The lowest BCUT2D eigenvalue weighted by Gasteiger charge is -2.39. The minimum Gasteiger partial charge on any atom is -0.368 e. The molecule has 30 heavy (non-hydrogen) atoms. The summed E-state index contributed by atoms with van der Waals surface area (Å²) in [6, 6.07) is 4.15. The molecule has 164 valence electrons. The van der Waals surface area contributed by atoms with Crippen LogP contribution in [0.4, 0.5) is 23.7 Å². The van der Waals surface area contributed by atoms with Crippen LogP contribution < -0.4 is 5.32 Å². The Morgan fingerprint density at radius 3 is 2.23 bits per heavy atom. The van der Waals surface area contributed by atoms with Crippen molar-refractivity contribution in [1.82, 2.24) is 9.80 Å². The van der Waals surface area contributed by atoms with Crippen LogP contribution in [0.5, 0.6) is 0 Å². The predicted octanol–water partition coefficient (Wildman–Crippen LogP) is 3.73. The molecule has 0 unspecified atom stereocenters. The molecule has 1 aromatic rings. The quantitative estimate of drug-likeness (QED) is 0.786. The van der Waals surface area contributed by atoms with Gasteiger partial charge in [0.1, 0.15) is 6.10 Å². The molecule has 3 aliphatic heterocycles. The van der Waals surface area contributed by atoms with Crippen molar-refractivity contribution in [2.24, 2.45) is 5.41 Å². The van der Waals surface area contributed by atoms with E-state index in [4.69, 9.17) is 4.74 Å². The normalized spacial score (nSPS) is 23.8. The Hall–Kier alpha value is -2.29. The Morgan fingerprint density at radius 1 is 1.03 bits per heavy atom. The molecule has 0 saturated carbocycles. The largest absolute Gasteiger partial charge is 0.416 e. The van der Waals surface area contributed by atoms with Crippen molar-refractivity contribution in [1.29, 1.82) is 0 Å². The molecule has 3 saturated heterocycles. The minimum atomic E-state index is -4.40. The second-order valence-corrected chi connectivity index (χ2v) is 8.50. The van der Waals surface area contributed by atoms with E-state index in [-0.39, 0.29) is 23.5 Å². The van der Waals surface area contributed by atoms with Gasteiger partial charge in [0.05, 0.1) is 5.56 Å². The molecule has 3 heterocycles. The van der Waals surface area contributed by atoms with Crippen LogP contribution in [0.1, 0.15) is 37.7 Å². The number of ether oxygens (including phenoxy) is 1. The fraction of sp³-hybridized carbons (Fsp3) is 0.619. The molecule has 3 amide bonds. The number of hydrogen-bond acceptors (Lipinski definition) is 3. The number of anilines is 1. The van der Waals surface area contributed by atoms with Crippen LogP contribution in [0, 0.1) is 5.41 Å². The summed E-state index contributed by atoms with van der Waals surface area (Å²) in [7, 11) is 0. The Kier molecular flexibility index (Phi) is 5.65. The van der Waals surface area contributed by atoms with E-state index in [0.29, 0.717) is 38.5 Å². The van der Waals surface area contributed by atoms with Crippen LogP contribution in [-0.2, 0) is 15.7 Å². The molecule has 1 atom stereocenters. The summed E-state index contributed by atoms with van der Waals surface area (Å²) in [5, 5.41) is 2.69. The summed E-state index contributed by atoms with van der Waals surface area (Å²) in [5.74, 6) is 0.0808. The first-order valence-electron chi connectivity index (χ1n) is 10.4. The number of nitrogens with one attached hydrogen (secondary N) is 1. The van der Waals surface area contributed by atoms with E-state index in [1.807, 2.05) is 4.90 Å². The predicted molar refractivity (Wildman–Crippen MR) is 104 cm³/mol. The highest BCUT2D eigenvalue weighted by Crippen LogP contribution is 2.41. The number of carbonyl (C=O) groups is 2. The molecule has 1 N–H and O–H groups in total. The molecule has 0 aliphatic carbocycles. The topological polar surface area (TPSA) is 61.9 Å². The number of rotatable bonds is 2. The van der Waals surface area contributed by atoms with Gasteiger partial charge >= 0.3 is 12.2 Å². The molecule has 0 radical (unpaired) electrons. The van der Waals surface area contributed by atoms with E-state index in [2.05, 4.69) is 5.32 Å². The summed E-state index contributed by atoms with van der Waals surface area (Å²) in [4.78, 5) is 28.7. The highest BCUT2D eigenvalue weighted by molar-refractivity contribution is 5.89. The number of piperidine rings is 1. The first kappa shape index (κ1) is 21.0. The third-order valence-electron chi connectivity index (χ3n) is 6.53. The zero-order valence-corrected chi connectivity index (χ0v) is 16.7. The molecule has 6 nitrogen and oxygen atoms in total. The standard InChI is InChI=1S/C21H26F3N3O3/c22-21(23,24)15-3-5-16(6-4-15)25-19(29)27-12-9-20(14-27)7-10-26(11-8-20)18(28)17-2-1-13-30-17/h3-6,17H,1-2,7-14H2,(H,25,29)/t17-/m1/s1. The fourth-order valence-corrected chi connectivity index (χ4v) is 4.64. The van der Waals surface area contributed by atoms with E-state index in [0.717, 1.165) is 44.2 Å². The van der Waals surface area contributed by atoms with Crippen LogP contribution >= 0.6 is 0 Å². The molecule has 0 aromatic heterocycles. The van der Waals surface area contributed by atoms with Gasteiger partial charge in [-0.3, -0.25) is 4.79 Å². The lowest BCUT2D eigenvalue weighted by atomic mass is 9.77. The number of nitrogens with zero attached hydrogens (tertiary/aromatic N) is 2. The molecule has 1 spiro atoms. The van der Waals surface area contributed by atoms with Crippen LogP contribution in [-0.4, -0.2) is 60.6 Å². The number of alkyl halides is 3. The number of urea groups is 1.